The normalized spacial score (nSPS) is 10.4. The fourth-order valence-electron chi connectivity index (χ4n) is 3.02. The average molecular weight is 364 g/mol. The van der Waals surface area contributed by atoms with Crippen LogP contribution in [0.25, 0.3) is 0 Å². The van der Waals surface area contributed by atoms with Crippen molar-refractivity contribution in [3.8, 4) is 11.5 Å². The Kier molecular flexibility index (Phi) is 5.45. The molecule has 3 rings (SSSR count). The Morgan fingerprint density at radius 2 is 1.59 bits per heavy atom. The zero-order valence-electron chi connectivity index (χ0n) is 16.3. The first-order chi connectivity index (χ1) is 13.0. The second-order valence-electron chi connectivity index (χ2n) is 6.36. The molecule has 0 atom stereocenters. The summed E-state index contributed by atoms with van der Waals surface area (Å²) in [4.78, 5) is 8.90. The zero-order chi connectivity index (χ0) is 19.4. The molecule has 140 valence electrons. The molecule has 3 aromatic rings. The Balaban J connectivity index is 1.85. The maximum Gasteiger partial charge on any atom is 0.229 e. The first-order valence-electron chi connectivity index (χ1n) is 8.67. The van der Waals surface area contributed by atoms with Gasteiger partial charge in [0.05, 0.1) is 19.9 Å². The van der Waals surface area contributed by atoms with Crippen molar-refractivity contribution in [1.29, 1.82) is 0 Å². The van der Waals surface area contributed by atoms with Gasteiger partial charge in [0.25, 0.3) is 0 Å². The third kappa shape index (κ3) is 4.28. The molecule has 0 fully saturated rings. The summed E-state index contributed by atoms with van der Waals surface area (Å²) < 4.78 is 10.7. The molecule has 0 saturated heterocycles. The van der Waals surface area contributed by atoms with E-state index in [9.17, 15) is 0 Å². The van der Waals surface area contributed by atoms with E-state index in [2.05, 4.69) is 53.5 Å². The minimum Gasteiger partial charge on any atom is -0.497 e. The molecule has 6 heteroatoms. The molecule has 27 heavy (non-hydrogen) atoms. The van der Waals surface area contributed by atoms with Crippen molar-refractivity contribution in [2.45, 2.75) is 20.8 Å². The molecular weight excluding hydrogens is 340 g/mol. The Labute approximate surface area is 159 Å². The van der Waals surface area contributed by atoms with E-state index in [0.29, 0.717) is 17.5 Å². The molecule has 0 bridgehead atoms. The van der Waals surface area contributed by atoms with Crippen LogP contribution < -0.4 is 20.1 Å². The Bertz CT molecular complexity index is 934. The van der Waals surface area contributed by atoms with Crippen molar-refractivity contribution >= 4 is 23.1 Å². The van der Waals surface area contributed by atoms with E-state index >= 15 is 0 Å². The van der Waals surface area contributed by atoms with Gasteiger partial charge in [-0.1, -0.05) is 17.7 Å². The van der Waals surface area contributed by atoms with Gasteiger partial charge in [-0.2, -0.15) is 4.98 Å². The maximum absolute atomic E-state index is 5.43. The minimum absolute atomic E-state index is 0.530. The largest absolute Gasteiger partial charge is 0.497 e. The van der Waals surface area contributed by atoms with Crippen LogP contribution in [-0.4, -0.2) is 24.2 Å². The molecule has 0 amide bonds. The highest BCUT2D eigenvalue weighted by Gasteiger charge is 2.09. The van der Waals surface area contributed by atoms with Gasteiger partial charge in [-0.3, -0.25) is 0 Å². The van der Waals surface area contributed by atoms with Crippen LogP contribution in [0.3, 0.4) is 0 Å². The highest BCUT2D eigenvalue weighted by Crippen LogP contribution is 2.31. The van der Waals surface area contributed by atoms with Crippen molar-refractivity contribution in [3.05, 3.63) is 59.3 Å². The number of nitrogens with one attached hydrogen (secondary N) is 2. The van der Waals surface area contributed by atoms with Crippen LogP contribution in [0.5, 0.6) is 11.5 Å². The number of nitrogens with zero attached hydrogens (tertiary/aromatic N) is 2. The van der Waals surface area contributed by atoms with Gasteiger partial charge in [0.15, 0.2) is 0 Å². The molecule has 0 radical (unpaired) electrons. The van der Waals surface area contributed by atoms with Gasteiger partial charge in [0, 0.05) is 18.0 Å². The number of aromatic nitrogens is 2. The van der Waals surface area contributed by atoms with Gasteiger partial charge in [0.2, 0.25) is 5.95 Å². The summed E-state index contributed by atoms with van der Waals surface area (Å²) in [6.45, 7) is 6.24. The molecule has 1 heterocycles. The van der Waals surface area contributed by atoms with E-state index in [1.807, 2.05) is 24.3 Å². The van der Waals surface area contributed by atoms with Gasteiger partial charge >= 0.3 is 0 Å². The summed E-state index contributed by atoms with van der Waals surface area (Å²) in [5, 5.41) is 6.59. The van der Waals surface area contributed by atoms with Crippen molar-refractivity contribution in [1.82, 2.24) is 9.97 Å². The summed E-state index contributed by atoms with van der Waals surface area (Å²) in [5.74, 6) is 2.60. The van der Waals surface area contributed by atoms with Gasteiger partial charge < -0.3 is 20.1 Å². The van der Waals surface area contributed by atoms with Gasteiger partial charge in [-0.25, -0.2) is 4.98 Å². The number of ether oxygens (including phenoxy) is 2. The SMILES string of the molecule is COc1ccc(Nc2ccnc(Nc3c(C)cc(C)cc3C)n2)c(OC)c1. The summed E-state index contributed by atoms with van der Waals surface area (Å²) in [7, 11) is 3.25. The third-order valence-electron chi connectivity index (χ3n) is 4.24. The van der Waals surface area contributed by atoms with Crippen molar-refractivity contribution < 1.29 is 9.47 Å². The van der Waals surface area contributed by atoms with Crippen LogP contribution in [0.2, 0.25) is 0 Å². The standard InChI is InChI=1S/C21H24N4O2/c1-13-10-14(2)20(15(3)11-13)25-21-22-9-8-19(24-21)23-17-7-6-16(26-4)12-18(17)27-5/h6-12H,1-5H3,(H2,22,23,24,25). The molecule has 2 N–H and O–H groups in total. The van der Waals surface area contributed by atoms with Crippen LogP contribution in [0.15, 0.2) is 42.6 Å². The average Bonchev–Trinajstić information content (AvgIpc) is 2.65. The smallest absolute Gasteiger partial charge is 0.229 e. The first kappa shape index (κ1) is 18.5. The molecule has 0 spiro atoms. The lowest BCUT2D eigenvalue weighted by Gasteiger charge is -2.14. The Morgan fingerprint density at radius 1 is 0.852 bits per heavy atom. The molecule has 0 aliphatic heterocycles. The van der Waals surface area contributed by atoms with E-state index in [-0.39, 0.29) is 0 Å². The lowest BCUT2D eigenvalue weighted by Crippen LogP contribution is -2.03. The highest BCUT2D eigenvalue weighted by atomic mass is 16.5. The fraction of sp³-hybridized carbons (Fsp3) is 0.238. The Morgan fingerprint density at radius 3 is 2.26 bits per heavy atom. The van der Waals surface area contributed by atoms with E-state index in [4.69, 9.17) is 9.47 Å². The zero-order valence-corrected chi connectivity index (χ0v) is 16.3. The summed E-state index contributed by atoms with van der Waals surface area (Å²) in [5.41, 5.74) is 5.38. The molecule has 6 nitrogen and oxygen atoms in total. The van der Waals surface area contributed by atoms with Crippen molar-refractivity contribution in [2.24, 2.45) is 0 Å². The van der Waals surface area contributed by atoms with Crippen LogP contribution >= 0.6 is 0 Å². The number of hydrogen-bond donors (Lipinski definition) is 2. The molecule has 2 aromatic carbocycles. The maximum atomic E-state index is 5.43. The predicted molar refractivity (Wildman–Crippen MR) is 109 cm³/mol. The van der Waals surface area contributed by atoms with Crippen molar-refractivity contribution in [2.75, 3.05) is 24.9 Å². The van der Waals surface area contributed by atoms with Crippen molar-refractivity contribution in [3.63, 3.8) is 0 Å². The van der Waals surface area contributed by atoms with Gasteiger partial charge in [-0.05, 0) is 50.1 Å². The van der Waals surface area contributed by atoms with E-state index < -0.39 is 0 Å². The first-order valence-corrected chi connectivity index (χ1v) is 8.67. The Hall–Kier alpha value is -3.28. The lowest BCUT2D eigenvalue weighted by molar-refractivity contribution is 0.395. The summed E-state index contributed by atoms with van der Waals surface area (Å²) in [6, 6.07) is 11.7. The fourth-order valence-corrected chi connectivity index (χ4v) is 3.02. The highest BCUT2D eigenvalue weighted by molar-refractivity contribution is 5.68. The number of benzene rings is 2. The molecule has 0 saturated carbocycles. The number of hydrogen-bond acceptors (Lipinski definition) is 6. The molecular formula is C21H24N4O2. The van der Waals surface area contributed by atoms with Gasteiger partial charge in [-0.15, -0.1) is 0 Å². The second-order valence-corrected chi connectivity index (χ2v) is 6.36. The quantitative estimate of drug-likeness (QED) is 0.648. The number of aryl methyl sites for hydroxylation is 3. The van der Waals surface area contributed by atoms with Crippen LogP contribution in [0, 0.1) is 20.8 Å². The predicted octanol–water partition coefficient (Wildman–Crippen LogP) is 4.91. The monoisotopic (exact) mass is 364 g/mol. The molecule has 0 unspecified atom stereocenters. The number of methoxy groups -OCH3 is 2. The minimum atomic E-state index is 0.530. The second kappa shape index (κ2) is 7.95. The third-order valence-corrected chi connectivity index (χ3v) is 4.24. The molecule has 0 aliphatic rings. The number of anilines is 4. The topological polar surface area (TPSA) is 68.3 Å². The molecule has 1 aromatic heterocycles. The van der Waals surface area contributed by atoms with Gasteiger partial charge in [0.1, 0.15) is 17.3 Å². The van der Waals surface area contributed by atoms with E-state index in [1.165, 1.54) is 5.56 Å². The van der Waals surface area contributed by atoms with Crippen LogP contribution in [0.4, 0.5) is 23.1 Å². The van der Waals surface area contributed by atoms with Crippen LogP contribution in [-0.2, 0) is 0 Å². The summed E-state index contributed by atoms with van der Waals surface area (Å²) in [6.07, 6.45) is 1.71. The molecule has 0 aliphatic carbocycles. The van der Waals surface area contributed by atoms with E-state index in [1.54, 1.807) is 20.4 Å². The summed E-state index contributed by atoms with van der Waals surface area (Å²) >= 11 is 0. The lowest BCUT2D eigenvalue weighted by atomic mass is 10.1. The number of rotatable bonds is 6. The van der Waals surface area contributed by atoms with E-state index in [0.717, 1.165) is 28.3 Å². The van der Waals surface area contributed by atoms with Crippen LogP contribution in [0.1, 0.15) is 16.7 Å².